The normalized spacial score (nSPS) is 15.0. The average Bonchev–Trinajstić information content (AvgIpc) is 3.24. The number of fused-ring (bicyclic) bond motifs is 2. The van der Waals surface area contributed by atoms with E-state index in [1.54, 1.807) is 6.33 Å². The third-order valence-electron chi connectivity index (χ3n) is 4.99. The van der Waals surface area contributed by atoms with Gasteiger partial charge in [-0.2, -0.15) is 0 Å². The van der Waals surface area contributed by atoms with E-state index < -0.39 is 0 Å². The van der Waals surface area contributed by atoms with Crippen molar-refractivity contribution >= 4 is 39.1 Å². The van der Waals surface area contributed by atoms with Crippen LogP contribution < -0.4 is 15.5 Å². The molecular weight excluding hydrogens is 372 g/mol. The number of carbonyl (C=O) groups excluding carboxylic acids is 1. The Bertz CT molecular complexity index is 1010. The Labute approximate surface area is 168 Å². The lowest BCUT2D eigenvalue weighted by Crippen LogP contribution is -2.26. The zero-order valence-corrected chi connectivity index (χ0v) is 17.1. The van der Waals surface area contributed by atoms with Gasteiger partial charge in [0.05, 0.1) is 0 Å². The summed E-state index contributed by atoms with van der Waals surface area (Å²) in [6.45, 7) is 6.74. The molecule has 1 aliphatic rings. The molecule has 0 saturated carbocycles. The van der Waals surface area contributed by atoms with Gasteiger partial charge in [0.1, 0.15) is 16.7 Å². The van der Waals surface area contributed by atoms with Gasteiger partial charge in [-0.3, -0.25) is 4.79 Å². The molecule has 2 aromatic heterocycles. The molecule has 1 aliphatic heterocycles. The summed E-state index contributed by atoms with van der Waals surface area (Å²) in [6.07, 6.45) is 2.43. The lowest BCUT2D eigenvalue weighted by molar-refractivity contribution is 0.0953. The first-order valence-electron chi connectivity index (χ1n) is 9.42. The van der Waals surface area contributed by atoms with E-state index in [0.717, 1.165) is 35.8 Å². The Kier molecular flexibility index (Phi) is 4.99. The number of rotatable bonds is 6. The number of hydrogen-bond donors (Lipinski definition) is 2. The van der Waals surface area contributed by atoms with Crippen molar-refractivity contribution in [3.05, 3.63) is 41.2 Å². The number of carbonyl (C=O) groups is 1. The topological polar surface area (TPSA) is 83.0 Å². The van der Waals surface area contributed by atoms with E-state index in [1.807, 2.05) is 13.1 Å². The Morgan fingerprint density at radius 1 is 1.25 bits per heavy atom. The predicted molar refractivity (Wildman–Crippen MR) is 113 cm³/mol. The van der Waals surface area contributed by atoms with Crippen molar-refractivity contribution in [1.29, 1.82) is 0 Å². The minimum absolute atomic E-state index is 0.0113. The first kappa shape index (κ1) is 18.8. The molecule has 0 aliphatic carbocycles. The van der Waals surface area contributed by atoms with Crippen molar-refractivity contribution in [2.75, 3.05) is 31.6 Å². The Morgan fingerprint density at radius 3 is 2.89 bits per heavy atom. The standard InChI is InChI=1S/C20H24N6OS/c1-20(2)11-26(14-8-5-4-7-13(14)20)16-15-18(24-12-23-16)28-19(25-15)17(27)22-10-6-9-21-3/h4-5,7-8,12,21H,6,9-11H2,1-3H3,(H,22,27). The van der Waals surface area contributed by atoms with Gasteiger partial charge in [0.25, 0.3) is 5.91 Å². The molecule has 0 fully saturated rings. The molecule has 8 heteroatoms. The van der Waals surface area contributed by atoms with Crippen LogP contribution in [0.1, 0.15) is 35.6 Å². The summed E-state index contributed by atoms with van der Waals surface area (Å²) in [4.78, 5) is 28.9. The van der Waals surface area contributed by atoms with Gasteiger partial charge in [0, 0.05) is 24.2 Å². The number of aromatic nitrogens is 3. The smallest absolute Gasteiger partial charge is 0.280 e. The minimum atomic E-state index is -0.160. The van der Waals surface area contributed by atoms with Crippen molar-refractivity contribution in [3.8, 4) is 0 Å². The number of anilines is 2. The van der Waals surface area contributed by atoms with E-state index in [-0.39, 0.29) is 11.3 Å². The van der Waals surface area contributed by atoms with Crippen LogP contribution in [0.3, 0.4) is 0 Å². The van der Waals surface area contributed by atoms with Gasteiger partial charge in [-0.1, -0.05) is 43.4 Å². The quantitative estimate of drug-likeness (QED) is 0.624. The van der Waals surface area contributed by atoms with E-state index in [2.05, 4.69) is 62.5 Å². The fourth-order valence-corrected chi connectivity index (χ4v) is 4.43. The molecule has 1 amide bonds. The van der Waals surface area contributed by atoms with Crippen LogP contribution in [-0.2, 0) is 5.41 Å². The van der Waals surface area contributed by atoms with E-state index in [4.69, 9.17) is 0 Å². The lowest BCUT2D eigenvalue weighted by atomic mass is 9.87. The van der Waals surface area contributed by atoms with E-state index >= 15 is 0 Å². The maximum atomic E-state index is 12.5. The summed E-state index contributed by atoms with van der Waals surface area (Å²) in [5, 5.41) is 6.41. The molecule has 0 spiro atoms. The molecule has 0 bridgehead atoms. The molecule has 0 radical (unpaired) electrons. The third kappa shape index (κ3) is 3.33. The molecule has 1 aromatic carbocycles. The maximum absolute atomic E-state index is 12.5. The largest absolute Gasteiger partial charge is 0.350 e. The Hall–Kier alpha value is -2.58. The number of nitrogens with zero attached hydrogens (tertiary/aromatic N) is 4. The molecule has 4 rings (SSSR count). The molecule has 7 nitrogen and oxygen atoms in total. The highest BCUT2D eigenvalue weighted by Crippen LogP contribution is 2.44. The molecule has 3 aromatic rings. The SMILES string of the molecule is CNCCCNC(=O)c1nc2c(N3CC(C)(C)c4ccccc43)ncnc2s1. The summed E-state index contributed by atoms with van der Waals surface area (Å²) >= 11 is 1.31. The van der Waals surface area contributed by atoms with Crippen molar-refractivity contribution in [2.45, 2.75) is 25.7 Å². The highest BCUT2D eigenvalue weighted by molar-refractivity contribution is 7.19. The first-order valence-corrected chi connectivity index (χ1v) is 10.2. The number of amides is 1. The number of thiazole rings is 1. The van der Waals surface area contributed by atoms with Gasteiger partial charge in [0.15, 0.2) is 10.8 Å². The summed E-state index contributed by atoms with van der Waals surface area (Å²) in [7, 11) is 1.90. The number of nitrogens with one attached hydrogen (secondary N) is 2. The van der Waals surface area contributed by atoms with E-state index in [0.29, 0.717) is 17.1 Å². The van der Waals surface area contributed by atoms with Gasteiger partial charge >= 0.3 is 0 Å². The molecule has 0 saturated heterocycles. The molecule has 2 N–H and O–H groups in total. The van der Waals surface area contributed by atoms with Gasteiger partial charge in [-0.25, -0.2) is 15.0 Å². The zero-order chi connectivity index (χ0) is 19.7. The van der Waals surface area contributed by atoms with Crippen LogP contribution in [0, 0.1) is 0 Å². The van der Waals surface area contributed by atoms with Crippen LogP contribution >= 0.6 is 11.3 Å². The fourth-order valence-electron chi connectivity index (χ4n) is 3.62. The molecule has 146 valence electrons. The summed E-state index contributed by atoms with van der Waals surface area (Å²) in [5.74, 6) is 0.598. The third-order valence-corrected chi connectivity index (χ3v) is 5.95. The lowest BCUT2D eigenvalue weighted by Gasteiger charge is -2.21. The second-order valence-electron chi connectivity index (χ2n) is 7.57. The van der Waals surface area contributed by atoms with Gasteiger partial charge in [0.2, 0.25) is 0 Å². The Morgan fingerprint density at radius 2 is 2.07 bits per heavy atom. The van der Waals surface area contributed by atoms with Crippen LogP contribution in [0.15, 0.2) is 30.6 Å². The Balaban J connectivity index is 1.66. The second kappa shape index (κ2) is 7.44. The molecule has 0 atom stereocenters. The first-order chi connectivity index (χ1) is 13.5. The van der Waals surface area contributed by atoms with Crippen LogP contribution in [-0.4, -0.2) is 47.5 Å². The molecule has 3 heterocycles. The second-order valence-corrected chi connectivity index (χ2v) is 8.55. The molecule has 28 heavy (non-hydrogen) atoms. The van der Waals surface area contributed by atoms with Crippen LogP contribution in [0.25, 0.3) is 10.3 Å². The van der Waals surface area contributed by atoms with Crippen molar-refractivity contribution in [3.63, 3.8) is 0 Å². The highest BCUT2D eigenvalue weighted by Gasteiger charge is 2.37. The van der Waals surface area contributed by atoms with Crippen molar-refractivity contribution in [1.82, 2.24) is 25.6 Å². The van der Waals surface area contributed by atoms with Crippen molar-refractivity contribution in [2.24, 2.45) is 0 Å². The molecular formula is C20H24N6OS. The van der Waals surface area contributed by atoms with Crippen LogP contribution in [0.4, 0.5) is 11.5 Å². The predicted octanol–water partition coefficient (Wildman–Crippen LogP) is 2.85. The zero-order valence-electron chi connectivity index (χ0n) is 16.3. The molecule has 0 unspecified atom stereocenters. The number of benzene rings is 1. The number of para-hydroxylation sites is 1. The number of hydrogen-bond acceptors (Lipinski definition) is 7. The summed E-state index contributed by atoms with van der Waals surface area (Å²) in [6, 6.07) is 8.38. The fraction of sp³-hybridized carbons (Fsp3) is 0.400. The van der Waals surface area contributed by atoms with E-state index in [9.17, 15) is 4.79 Å². The van der Waals surface area contributed by atoms with Crippen LogP contribution in [0.2, 0.25) is 0 Å². The van der Waals surface area contributed by atoms with Crippen molar-refractivity contribution < 1.29 is 4.79 Å². The van der Waals surface area contributed by atoms with Gasteiger partial charge < -0.3 is 15.5 Å². The maximum Gasteiger partial charge on any atom is 0.280 e. The van der Waals surface area contributed by atoms with Gasteiger partial charge in [-0.15, -0.1) is 0 Å². The van der Waals surface area contributed by atoms with E-state index in [1.165, 1.54) is 16.9 Å². The summed E-state index contributed by atoms with van der Waals surface area (Å²) in [5.41, 5.74) is 3.12. The highest BCUT2D eigenvalue weighted by atomic mass is 32.1. The van der Waals surface area contributed by atoms with Crippen LogP contribution in [0.5, 0.6) is 0 Å². The van der Waals surface area contributed by atoms with Gasteiger partial charge in [-0.05, 0) is 31.6 Å². The monoisotopic (exact) mass is 396 g/mol. The average molecular weight is 397 g/mol. The summed E-state index contributed by atoms with van der Waals surface area (Å²) < 4.78 is 0. The minimum Gasteiger partial charge on any atom is -0.350 e.